The van der Waals surface area contributed by atoms with E-state index in [1.807, 2.05) is 24.4 Å². The first-order valence-corrected chi connectivity index (χ1v) is 8.18. The van der Waals surface area contributed by atoms with Gasteiger partial charge >= 0.3 is 0 Å². The quantitative estimate of drug-likeness (QED) is 0.814. The van der Waals surface area contributed by atoms with E-state index < -0.39 is 0 Å². The van der Waals surface area contributed by atoms with E-state index in [-0.39, 0.29) is 23.7 Å². The van der Waals surface area contributed by atoms with Crippen molar-refractivity contribution in [2.24, 2.45) is 5.92 Å². The fourth-order valence-corrected chi connectivity index (χ4v) is 3.66. The van der Waals surface area contributed by atoms with Gasteiger partial charge in [-0.05, 0) is 29.4 Å². The Balaban J connectivity index is 1.66. The van der Waals surface area contributed by atoms with E-state index in [0.717, 1.165) is 17.2 Å². The molecule has 1 aromatic carbocycles. The Hall–Kier alpha value is -2.53. The predicted octanol–water partition coefficient (Wildman–Crippen LogP) is 2.28. The van der Waals surface area contributed by atoms with Gasteiger partial charge in [0.05, 0.1) is 6.61 Å². The van der Waals surface area contributed by atoms with Crippen LogP contribution in [0, 0.1) is 5.92 Å². The summed E-state index contributed by atoms with van der Waals surface area (Å²) in [5, 5.41) is 2.25. The van der Waals surface area contributed by atoms with Crippen molar-refractivity contribution in [1.29, 1.82) is 0 Å². The Morgan fingerprint density at radius 3 is 2.83 bits per heavy atom. The van der Waals surface area contributed by atoms with Crippen LogP contribution in [0.15, 0.2) is 48.8 Å². The number of ether oxygens (including phenoxy) is 1. The summed E-state index contributed by atoms with van der Waals surface area (Å²) in [5.74, 6) is -0.0731. The maximum atomic E-state index is 11.9. The van der Waals surface area contributed by atoms with Crippen molar-refractivity contribution in [3.8, 4) is 0 Å². The first-order chi connectivity index (χ1) is 11.7. The monoisotopic (exact) mass is 322 g/mol. The van der Waals surface area contributed by atoms with E-state index in [1.165, 1.54) is 22.6 Å². The zero-order valence-electron chi connectivity index (χ0n) is 13.2. The van der Waals surface area contributed by atoms with Crippen LogP contribution in [-0.2, 0) is 14.3 Å². The second-order valence-corrected chi connectivity index (χ2v) is 6.29. The molecular formula is C19H18N2O3. The predicted molar refractivity (Wildman–Crippen MR) is 89.3 cm³/mol. The molecule has 122 valence electrons. The molecule has 2 unspecified atom stereocenters. The van der Waals surface area contributed by atoms with Crippen molar-refractivity contribution in [1.82, 2.24) is 9.88 Å². The molecule has 3 heterocycles. The third-order valence-electron chi connectivity index (χ3n) is 4.93. The standard InChI is InChI=1S/C19H18N2O3/c22-18-4-5-19(23)21(18)11-14-7-9-24-12-17(14)16-3-1-2-13-10-20-8-6-15(13)16/h1-6,8,10,14,17H,7,9,11-12H2. The van der Waals surface area contributed by atoms with Crippen molar-refractivity contribution in [3.05, 3.63) is 54.4 Å². The summed E-state index contributed by atoms with van der Waals surface area (Å²) in [4.78, 5) is 29.3. The van der Waals surface area contributed by atoms with Crippen LogP contribution in [0.3, 0.4) is 0 Å². The van der Waals surface area contributed by atoms with Crippen LogP contribution in [0.4, 0.5) is 0 Å². The van der Waals surface area contributed by atoms with Gasteiger partial charge in [-0.15, -0.1) is 0 Å². The van der Waals surface area contributed by atoms with Gasteiger partial charge in [0.2, 0.25) is 0 Å². The third kappa shape index (κ3) is 2.61. The number of amides is 2. The summed E-state index contributed by atoms with van der Waals surface area (Å²) in [6.07, 6.45) is 7.18. The van der Waals surface area contributed by atoms with Gasteiger partial charge in [-0.1, -0.05) is 18.2 Å². The number of rotatable bonds is 3. The Morgan fingerprint density at radius 1 is 1.17 bits per heavy atom. The van der Waals surface area contributed by atoms with Gasteiger partial charge in [0.15, 0.2) is 0 Å². The Morgan fingerprint density at radius 2 is 2.00 bits per heavy atom. The van der Waals surface area contributed by atoms with Crippen molar-refractivity contribution < 1.29 is 14.3 Å². The molecule has 0 bridgehead atoms. The minimum absolute atomic E-state index is 0.158. The van der Waals surface area contributed by atoms with Gasteiger partial charge < -0.3 is 4.74 Å². The molecule has 24 heavy (non-hydrogen) atoms. The van der Waals surface area contributed by atoms with E-state index in [1.54, 1.807) is 6.20 Å². The molecule has 5 nitrogen and oxygen atoms in total. The molecule has 5 heteroatoms. The van der Waals surface area contributed by atoms with Gasteiger partial charge in [-0.3, -0.25) is 19.5 Å². The average Bonchev–Trinajstić information content (AvgIpc) is 2.94. The van der Waals surface area contributed by atoms with E-state index >= 15 is 0 Å². The maximum absolute atomic E-state index is 11.9. The number of hydrogen-bond acceptors (Lipinski definition) is 4. The number of fused-ring (bicyclic) bond motifs is 1. The van der Waals surface area contributed by atoms with Crippen LogP contribution in [0.2, 0.25) is 0 Å². The van der Waals surface area contributed by atoms with Crippen LogP contribution in [0.1, 0.15) is 17.9 Å². The fourth-order valence-electron chi connectivity index (χ4n) is 3.66. The molecule has 0 radical (unpaired) electrons. The molecule has 2 aliphatic rings. The van der Waals surface area contributed by atoms with Crippen LogP contribution in [-0.4, -0.2) is 41.5 Å². The lowest BCUT2D eigenvalue weighted by atomic mass is 9.81. The van der Waals surface area contributed by atoms with Crippen molar-refractivity contribution >= 4 is 22.6 Å². The Bertz CT molecular complexity index is 807. The van der Waals surface area contributed by atoms with E-state index in [0.29, 0.717) is 19.8 Å². The normalized spacial score (nSPS) is 24.1. The molecule has 1 fully saturated rings. The summed E-state index contributed by atoms with van der Waals surface area (Å²) < 4.78 is 5.71. The second kappa shape index (κ2) is 6.17. The Kier molecular flexibility index (Phi) is 3.86. The molecular weight excluding hydrogens is 304 g/mol. The number of benzene rings is 1. The lowest BCUT2D eigenvalue weighted by Gasteiger charge is -2.34. The highest BCUT2D eigenvalue weighted by atomic mass is 16.5. The van der Waals surface area contributed by atoms with Gasteiger partial charge in [-0.25, -0.2) is 0 Å². The zero-order chi connectivity index (χ0) is 16.5. The third-order valence-corrected chi connectivity index (χ3v) is 4.93. The highest BCUT2D eigenvalue weighted by Crippen LogP contribution is 2.36. The molecule has 2 aromatic rings. The number of carbonyl (C=O) groups is 2. The van der Waals surface area contributed by atoms with Gasteiger partial charge in [0, 0.05) is 49.0 Å². The molecule has 1 aromatic heterocycles. The van der Waals surface area contributed by atoms with Crippen LogP contribution >= 0.6 is 0 Å². The molecule has 2 amide bonds. The molecule has 4 rings (SSSR count). The molecule has 0 N–H and O–H groups in total. The number of nitrogens with zero attached hydrogens (tertiary/aromatic N) is 2. The smallest absolute Gasteiger partial charge is 0.253 e. The molecule has 0 aliphatic carbocycles. The largest absolute Gasteiger partial charge is 0.381 e. The number of pyridine rings is 1. The van der Waals surface area contributed by atoms with Crippen molar-refractivity contribution in [2.75, 3.05) is 19.8 Å². The average molecular weight is 322 g/mol. The summed E-state index contributed by atoms with van der Waals surface area (Å²) in [5.41, 5.74) is 1.20. The maximum Gasteiger partial charge on any atom is 0.253 e. The van der Waals surface area contributed by atoms with Crippen LogP contribution in [0.5, 0.6) is 0 Å². The zero-order valence-corrected chi connectivity index (χ0v) is 13.2. The first-order valence-electron chi connectivity index (χ1n) is 8.18. The van der Waals surface area contributed by atoms with Gasteiger partial charge in [-0.2, -0.15) is 0 Å². The number of carbonyl (C=O) groups excluding carboxylic acids is 2. The summed E-state index contributed by atoms with van der Waals surface area (Å²) >= 11 is 0. The van der Waals surface area contributed by atoms with E-state index in [4.69, 9.17) is 4.74 Å². The number of hydrogen-bond donors (Lipinski definition) is 0. The fraction of sp³-hybridized carbons (Fsp3) is 0.316. The van der Waals surface area contributed by atoms with Gasteiger partial charge in [0.1, 0.15) is 0 Å². The minimum Gasteiger partial charge on any atom is -0.381 e. The van der Waals surface area contributed by atoms with Crippen LogP contribution in [0.25, 0.3) is 10.8 Å². The van der Waals surface area contributed by atoms with E-state index in [2.05, 4.69) is 11.1 Å². The summed E-state index contributed by atoms with van der Waals surface area (Å²) in [6.45, 7) is 1.72. The SMILES string of the molecule is O=C1C=CC(=O)N1CC1CCOCC1c1cccc2cnccc12. The minimum atomic E-state index is -0.215. The highest BCUT2D eigenvalue weighted by molar-refractivity contribution is 6.12. The van der Waals surface area contributed by atoms with Crippen molar-refractivity contribution in [2.45, 2.75) is 12.3 Å². The molecule has 0 saturated carbocycles. The number of imide groups is 1. The molecule has 2 aliphatic heterocycles. The lowest BCUT2D eigenvalue weighted by molar-refractivity contribution is -0.138. The topological polar surface area (TPSA) is 59.5 Å². The second-order valence-electron chi connectivity index (χ2n) is 6.29. The Labute approximate surface area is 139 Å². The van der Waals surface area contributed by atoms with E-state index in [9.17, 15) is 9.59 Å². The summed E-state index contributed by atoms with van der Waals surface area (Å²) in [7, 11) is 0. The highest BCUT2D eigenvalue weighted by Gasteiger charge is 2.33. The van der Waals surface area contributed by atoms with Crippen molar-refractivity contribution in [3.63, 3.8) is 0 Å². The first kappa shape index (κ1) is 15.0. The lowest BCUT2D eigenvalue weighted by Crippen LogP contribution is -2.39. The van der Waals surface area contributed by atoms with Gasteiger partial charge in [0.25, 0.3) is 11.8 Å². The molecule has 2 atom stereocenters. The number of aromatic nitrogens is 1. The summed E-state index contributed by atoms with van der Waals surface area (Å²) in [6, 6.07) is 8.20. The molecule has 1 saturated heterocycles. The van der Waals surface area contributed by atoms with Crippen LogP contribution < -0.4 is 0 Å². The molecule has 0 spiro atoms.